The normalized spacial score (nSPS) is 15.0. The highest BCUT2D eigenvalue weighted by molar-refractivity contribution is 6.32. The van der Waals surface area contributed by atoms with E-state index in [1.165, 1.54) is 0 Å². The molecular formula is C20H22ClNO4. The van der Waals surface area contributed by atoms with Gasteiger partial charge in [-0.3, -0.25) is 4.79 Å². The Hall–Kier alpha value is -2.40. The van der Waals surface area contributed by atoms with Crippen LogP contribution >= 0.6 is 11.6 Å². The zero-order valence-electron chi connectivity index (χ0n) is 14.8. The van der Waals surface area contributed by atoms with Crippen LogP contribution in [0.5, 0.6) is 17.2 Å². The van der Waals surface area contributed by atoms with E-state index in [-0.39, 0.29) is 11.9 Å². The highest BCUT2D eigenvalue weighted by atomic mass is 35.5. The zero-order chi connectivity index (χ0) is 18.5. The Morgan fingerprint density at radius 3 is 2.65 bits per heavy atom. The number of fused-ring (bicyclic) bond motifs is 1. The molecule has 1 amide bonds. The van der Waals surface area contributed by atoms with Gasteiger partial charge in [-0.1, -0.05) is 36.7 Å². The van der Waals surface area contributed by atoms with E-state index < -0.39 is 6.10 Å². The summed E-state index contributed by atoms with van der Waals surface area (Å²) in [5.41, 5.74) is 0.940. The van der Waals surface area contributed by atoms with Crippen molar-refractivity contribution in [3.8, 4) is 17.2 Å². The molecule has 2 atom stereocenters. The SMILES string of the molecule is CCC(Oc1ccccc1Cl)C(=O)NC(C)c1ccc2c(c1)OCCO2. The van der Waals surface area contributed by atoms with Crippen molar-refractivity contribution in [2.75, 3.05) is 13.2 Å². The lowest BCUT2D eigenvalue weighted by molar-refractivity contribution is -0.128. The van der Waals surface area contributed by atoms with Crippen molar-refractivity contribution in [2.45, 2.75) is 32.4 Å². The van der Waals surface area contributed by atoms with E-state index in [1.807, 2.05) is 44.2 Å². The molecule has 138 valence electrons. The Kier molecular flexibility index (Phi) is 5.89. The van der Waals surface area contributed by atoms with Gasteiger partial charge in [0.05, 0.1) is 11.1 Å². The maximum atomic E-state index is 12.6. The fraction of sp³-hybridized carbons (Fsp3) is 0.350. The molecule has 2 aromatic rings. The first-order valence-corrected chi connectivity index (χ1v) is 9.07. The highest BCUT2D eigenvalue weighted by Crippen LogP contribution is 2.32. The van der Waals surface area contributed by atoms with Crippen LogP contribution in [0.2, 0.25) is 5.02 Å². The van der Waals surface area contributed by atoms with Crippen molar-refractivity contribution in [1.82, 2.24) is 5.32 Å². The van der Waals surface area contributed by atoms with Crippen molar-refractivity contribution in [3.63, 3.8) is 0 Å². The quantitative estimate of drug-likeness (QED) is 0.824. The molecule has 1 aliphatic rings. The Morgan fingerprint density at radius 2 is 1.92 bits per heavy atom. The molecule has 0 fully saturated rings. The lowest BCUT2D eigenvalue weighted by atomic mass is 10.1. The lowest BCUT2D eigenvalue weighted by Gasteiger charge is -2.23. The van der Waals surface area contributed by atoms with Crippen molar-refractivity contribution < 1.29 is 19.0 Å². The third-order valence-corrected chi connectivity index (χ3v) is 4.51. The van der Waals surface area contributed by atoms with Gasteiger partial charge in [0.2, 0.25) is 0 Å². The van der Waals surface area contributed by atoms with E-state index >= 15 is 0 Å². The Labute approximate surface area is 158 Å². The van der Waals surface area contributed by atoms with Crippen LogP contribution in [0.3, 0.4) is 0 Å². The molecule has 0 aromatic heterocycles. The minimum atomic E-state index is -0.616. The summed E-state index contributed by atoms with van der Waals surface area (Å²) < 4.78 is 16.9. The Balaban J connectivity index is 1.66. The number of rotatable bonds is 6. The first kappa shape index (κ1) is 18.4. The molecule has 0 spiro atoms. The van der Waals surface area contributed by atoms with E-state index in [2.05, 4.69) is 5.32 Å². The minimum absolute atomic E-state index is 0.185. The molecule has 5 nitrogen and oxygen atoms in total. The fourth-order valence-electron chi connectivity index (χ4n) is 2.73. The van der Waals surface area contributed by atoms with E-state index in [1.54, 1.807) is 12.1 Å². The van der Waals surface area contributed by atoms with Crippen LogP contribution in [0, 0.1) is 0 Å². The first-order chi connectivity index (χ1) is 12.6. The number of hydrogen-bond donors (Lipinski definition) is 1. The van der Waals surface area contributed by atoms with Gasteiger partial charge in [-0.25, -0.2) is 0 Å². The van der Waals surface area contributed by atoms with Crippen molar-refractivity contribution in [1.29, 1.82) is 0 Å². The van der Waals surface area contributed by atoms with Gasteiger partial charge < -0.3 is 19.5 Å². The summed E-state index contributed by atoms with van der Waals surface area (Å²) in [6.07, 6.45) is -0.0835. The topological polar surface area (TPSA) is 56.8 Å². The molecule has 0 bridgehead atoms. The summed E-state index contributed by atoms with van der Waals surface area (Å²) in [6, 6.07) is 12.6. The first-order valence-electron chi connectivity index (χ1n) is 8.69. The molecule has 3 rings (SSSR count). The van der Waals surface area contributed by atoms with E-state index in [0.29, 0.717) is 36.2 Å². The number of para-hydroxylation sites is 1. The number of carbonyl (C=O) groups excluding carboxylic acids is 1. The number of benzene rings is 2. The van der Waals surface area contributed by atoms with Gasteiger partial charge in [-0.15, -0.1) is 0 Å². The molecule has 0 aliphatic carbocycles. The predicted octanol–water partition coefficient (Wildman–Crippen LogP) is 4.15. The van der Waals surface area contributed by atoms with E-state index in [0.717, 1.165) is 11.3 Å². The van der Waals surface area contributed by atoms with Gasteiger partial charge in [0.1, 0.15) is 19.0 Å². The summed E-state index contributed by atoms with van der Waals surface area (Å²) in [6.45, 7) is 4.90. The van der Waals surface area contributed by atoms with E-state index in [4.69, 9.17) is 25.8 Å². The van der Waals surface area contributed by atoms with Gasteiger partial charge in [-0.2, -0.15) is 0 Å². The molecule has 1 heterocycles. The van der Waals surface area contributed by atoms with Gasteiger partial charge >= 0.3 is 0 Å². The summed E-state index contributed by atoms with van der Waals surface area (Å²) in [4.78, 5) is 12.6. The van der Waals surface area contributed by atoms with Crippen molar-refractivity contribution >= 4 is 17.5 Å². The average Bonchev–Trinajstić information content (AvgIpc) is 2.66. The average molecular weight is 376 g/mol. The molecule has 1 N–H and O–H groups in total. The van der Waals surface area contributed by atoms with Crippen LogP contribution in [0.1, 0.15) is 31.9 Å². The fourth-order valence-corrected chi connectivity index (χ4v) is 2.92. The summed E-state index contributed by atoms with van der Waals surface area (Å²) >= 11 is 6.12. The van der Waals surface area contributed by atoms with Crippen LogP contribution in [0.15, 0.2) is 42.5 Å². The monoisotopic (exact) mass is 375 g/mol. The van der Waals surface area contributed by atoms with Gasteiger partial charge in [0.25, 0.3) is 5.91 Å². The summed E-state index contributed by atoms with van der Waals surface area (Å²) in [5, 5.41) is 3.48. The summed E-state index contributed by atoms with van der Waals surface area (Å²) in [7, 11) is 0. The number of carbonyl (C=O) groups is 1. The predicted molar refractivity (Wildman–Crippen MR) is 100 cm³/mol. The standard InChI is InChI=1S/C20H22ClNO4/c1-3-16(26-17-7-5-4-6-15(17)21)20(23)22-13(2)14-8-9-18-19(12-14)25-11-10-24-18/h4-9,12-13,16H,3,10-11H2,1-2H3,(H,22,23). The minimum Gasteiger partial charge on any atom is -0.486 e. The van der Waals surface area contributed by atoms with Crippen LogP contribution in [-0.2, 0) is 4.79 Å². The molecule has 26 heavy (non-hydrogen) atoms. The molecule has 2 aromatic carbocycles. The smallest absolute Gasteiger partial charge is 0.261 e. The largest absolute Gasteiger partial charge is 0.486 e. The Bertz CT molecular complexity index is 780. The lowest BCUT2D eigenvalue weighted by Crippen LogP contribution is -2.39. The second-order valence-corrected chi connectivity index (χ2v) is 6.49. The van der Waals surface area contributed by atoms with Crippen LogP contribution in [-0.4, -0.2) is 25.2 Å². The molecule has 0 radical (unpaired) electrons. The third-order valence-electron chi connectivity index (χ3n) is 4.19. The van der Waals surface area contributed by atoms with Crippen molar-refractivity contribution in [3.05, 3.63) is 53.1 Å². The van der Waals surface area contributed by atoms with Gasteiger partial charge in [0, 0.05) is 0 Å². The maximum Gasteiger partial charge on any atom is 0.261 e. The maximum absolute atomic E-state index is 12.6. The zero-order valence-corrected chi connectivity index (χ0v) is 15.6. The second-order valence-electron chi connectivity index (χ2n) is 6.08. The number of amides is 1. The van der Waals surface area contributed by atoms with Gasteiger partial charge in [-0.05, 0) is 43.2 Å². The van der Waals surface area contributed by atoms with Crippen LogP contribution in [0.4, 0.5) is 0 Å². The summed E-state index contributed by atoms with van der Waals surface area (Å²) in [5.74, 6) is 1.75. The van der Waals surface area contributed by atoms with Crippen LogP contribution < -0.4 is 19.5 Å². The van der Waals surface area contributed by atoms with Gasteiger partial charge in [0.15, 0.2) is 17.6 Å². The number of ether oxygens (including phenoxy) is 3. The van der Waals surface area contributed by atoms with Crippen molar-refractivity contribution in [2.24, 2.45) is 0 Å². The molecule has 0 saturated carbocycles. The van der Waals surface area contributed by atoms with E-state index in [9.17, 15) is 4.79 Å². The molecule has 6 heteroatoms. The third kappa shape index (κ3) is 4.22. The molecular weight excluding hydrogens is 354 g/mol. The number of nitrogens with one attached hydrogen (secondary N) is 1. The molecule has 0 saturated heterocycles. The molecule has 1 aliphatic heterocycles. The highest BCUT2D eigenvalue weighted by Gasteiger charge is 2.22. The second kappa shape index (κ2) is 8.32. The number of hydrogen-bond acceptors (Lipinski definition) is 4. The Morgan fingerprint density at radius 1 is 1.19 bits per heavy atom. The molecule has 2 unspecified atom stereocenters. The van der Waals surface area contributed by atoms with Crippen LogP contribution in [0.25, 0.3) is 0 Å². The number of halogens is 1.